The van der Waals surface area contributed by atoms with Crippen LogP contribution in [0.1, 0.15) is 66.2 Å². The van der Waals surface area contributed by atoms with E-state index in [9.17, 15) is 0 Å². The van der Waals surface area contributed by atoms with E-state index >= 15 is 0 Å². The Bertz CT molecular complexity index is 235. The third kappa shape index (κ3) is 4.73. The van der Waals surface area contributed by atoms with Crippen molar-refractivity contribution in [1.29, 1.82) is 0 Å². The van der Waals surface area contributed by atoms with Crippen molar-refractivity contribution in [3.05, 3.63) is 0 Å². The normalized spacial score (nSPS) is 33.3. The zero-order chi connectivity index (χ0) is 14.5. The summed E-state index contributed by atoms with van der Waals surface area (Å²) in [5, 5.41) is 7.43. The maximum Gasteiger partial charge on any atom is 0.00725 e. The topological polar surface area (TPSA) is 24.1 Å². The molecule has 0 aromatic heterocycles. The van der Waals surface area contributed by atoms with Crippen LogP contribution in [0.5, 0.6) is 0 Å². The molecule has 0 aromatic rings. The van der Waals surface area contributed by atoms with Crippen LogP contribution in [-0.4, -0.2) is 25.2 Å². The van der Waals surface area contributed by atoms with Gasteiger partial charge in [0.15, 0.2) is 0 Å². The van der Waals surface area contributed by atoms with E-state index < -0.39 is 0 Å². The molecule has 0 radical (unpaired) electrons. The van der Waals surface area contributed by atoms with E-state index in [0.29, 0.717) is 0 Å². The quantitative estimate of drug-likeness (QED) is 0.628. The Morgan fingerprint density at radius 2 is 1.05 bits per heavy atom. The van der Waals surface area contributed by atoms with Crippen LogP contribution in [0.15, 0.2) is 0 Å². The summed E-state index contributed by atoms with van der Waals surface area (Å²) < 4.78 is 0. The van der Waals surface area contributed by atoms with Gasteiger partial charge >= 0.3 is 0 Å². The summed E-state index contributed by atoms with van der Waals surface area (Å²) in [7, 11) is 0. The molecular formula is C18H36N2. The Balaban J connectivity index is 1.35. The molecule has 2 N–H and O–H groups in total. The zero-order valence-electron chi connectivity index (χ0n) is 14.1. The lowest BCUT2D eigenvalue weighted by Gasteiger charge is -2.39. The fourth-order valence-corrected chi connectivity index (χ4v) is 3.61. The summed E-state index contributed by atoms with van der Waals surface area (Å²) >= 11 is 0. The first-order chi connectivity index (χ1) is 9.56. The van der Waals surface area contributed by atoms with Crippen LogP contribution in [0, 0.1) is 23.7 Å². The molecule has 2 fully saturated rings. The third-order valence-electron chi connectivity index (χ3n) is 5.70. The minimum absolute atomic E-state index is 0.828. The van der Waals surface area contributed by atoms with Gasteiger partial charge in [-0.1, -0.05) is 27.7 Å². The monoisotopic (exact) mass is 280 g/mol. The van der Waals surface area contributed by atoms with Crippen LogP contribution in [0.3, 0.4) is 0 Å². The number of nitrogens with one attached hydrogen (secondary N) is 2. The Kier molecular flexibility index (Phi) is 6.35. The first-order valence-electron chi connectivity index (χ1n) is 9.03. The van der Waals surface area contributed by atoms with E-state index in [-0.39, 0.29) is 0 Å². The van der Waals surface area contributed by atoms with E-state index in [4.69, 9.17) is 0 Å². The van der Waals surface area contributed by atoms with Crippen molar-refractivity contribution >= 4 is 0 Å². The van der Waals surface area contributed by atoms with Crippen molar-refractivity contribution in [1.82, 2.24) is 10.6 Å². The highest BCUT2D eigenvalue weighted by atomic mass is 14.9. The molecule has 0 unspecified atom stereocenters. The minimum atomic E-state index is 0.828. The van der Waals surface area contributed by atoms with Crippen LogP contribution in [-0.2, 0) is 0 Å². The second-order valence-electron chi connectivity index (χ2n) is 7.96. The number of hydrogen-bond acceptors (Lipinski definition) is 2. The van der Waals surface area contributed by atoms with Crippen LogP contribution >= 0.6 is 0 Å². The lowest BCUT2D eigenvalue weighted by atomic mass is 9.73. The lowest BCUT2D eigenvalue weighted by Crippen LogP contribution is -2.44. The van der Waals surface area contributed by atoms with E-state index in [1.54, 1.807) is 0 Å². The van der Waals surface area contributed by atoms with Gasteiger partial charge in [0.1, 0.15) is 0 Å². The van der Waals surface area contributed by atoms with Gasteiger partial charge < -0.3 is 10.6 Å². The fourth-order valence-electron chi connectivity index (χ4n) is 3.61. The predicted octanol–water partition coefficient (Wildman–Crippen LogP) is 3.82. The minimum Gasteiger partial charge on any atom is -0.314 e. The maximum absolute atomic E-state index is 3.71. The van der Waals surface area contributed by atoms with E-state index in [1.807, 2.05) is 0 Å². The molecule has 118 valence electrons. The highest BCUT2D eigenvalue weighted by Crippen LogP contribution is 2.34. The number of rotatable bonds is 9. The molecule has 2 heteroatoms. The molecule has 2 aliphatic rings. The lowest BCUT2D eigenvalue weighted by molar-refractivity contribution is 0.165. The van der Waals surface area contributed by atoms with Crippen LogP contribution in [0.4, 0.5) is 0 Å². The van der Waals surface area contributed by atoms with Crippen molar-refractivity contribution in [3.63, 3.8) is 0 Å². The van der Waals surface area contributed by atoms with Gasteiger partial charge in [-0.25, -0.2) is 0 Å². The van der Waals surface area contributed by atoms with Gasteiger partial charge in [-0.05, 0) is 75.3 Å². The van der Waals surface area contributed by atoms with Gasteiger partial charge in [0.2, 0.25) is 0 Å². The van der Waals surface area contributed by atoms with Crippen LogP contribution < -0.4 is 10.6 Å². The molecule has 0 amide bonds. The zero-order valence-corrected chi connectivity index (χ0v) is 14.1. The Hall–Kier alpha value is -0.0800. The first-order valence-corrected chi connectivity index (χ1v) is 9.03. The third-order valence-corrected chi connectivity index (χ3v) is 5.70. The molecule has 2 nitrogen and oxygen atoms in total. The summed E-state index contributed by atoms with van der Waals surface area (Å²) in [6.07, 6.45) is 8.30. The average Bonchev–Trinajstić information content (AvgIpc) is 2.26. The molecule has 0 heterocycles. The number of hydrogen-bond donors (Lipinski definition) is 2. The van der Waals surface area contributed by atoms with Crippen LogP contribution in [0.2, 0.25) is 0 Å². The Morgan fingerprint density at radius 1 is 0.700 bits per heavy atom. The van der Waals surface area contributed by atoms with E-state index in [1.165, 1.54) is 51.6 Å². The average molecular weight is 281 g/mol. The molecule has 0 saturated heterocycles. The van der Waals surface area contributed by atoms with Crippen molar-refractivity contribution in [3.8, 4) is 0 Å². The highest BCUT2D eigenvalue weighted by molar-refractivity contribution is 4.87. The summed E-state index contributed by atoms with van der Waals surface area (Å²) in [5.41, 5.74) is 0. The van der Waals surface area contributed by atoms with Crippen molar-refractivity contribution < 1.29 is 0 Å². The number of unbranched alkanes of at least 4 members (excludes halogenated alkanes) is 1. The summed E-state index contributed by atoms with van der Waals surface area (Å²) in [4.78, 5) is 0. The van der Waals surface area contributed by atoms with E-state index in [2.05, 4.69) is 38.3 Å². The molecule has 2 rings (SSSR count). The van der Waals surface area contributed by atoms with Crippen LogP contribution in [0.25, 0.3) is 0 Å². The molecule has 0 spiro atoms. The molecule has 2 saturated carbocycles. The summed E-state index contributed by atoms with van der Waals surface area (Å²) in [6.45, 7) is 11.9. The molecule has 0 aromatic carbocycles. The van der Waals surface area contributed by atoms with Crippen molar-refractivity contribution in [2.75, 3.05) is 13.1 Å². The Morgan fingerprint density at radius 3 is 1.35 bits per heavy atom. The van der Waals surface area contributed by atoms with Gasteiger partial charge in [-0.2, -0.15) is 0 Å². The smallest absolute Gasteiger partial charge is 0.00725 e. The van der Waals surface area contributed by atoms with Crippen molar-refractivity contribution in [2.45, 2.75) is 78.3 Å². The highest BCUT2D eigenvalue weighted by Gasteiger charge is 2.31. The molecule has 2 aliphatic carbocycles. The van der Waals surface area contributed by atoms with E-state index in [0.717, 1.165) is 35.8 Å². The standard InChI is InChI=1S/C18H36N2/c1-13(2)15-9-17(10-15)19-7-5-6-8-20-18-11-16(12-18)14(3)4/h13-20H,5-12H2,1-4H3. The van der Waals surface area contributed by atoms with Gasteiger partial charge in [0.25, 0.3) is 0 Å². The molecule has 0 atom stereocenters. The fraction of sp³-hybridized carbons (Fsp3) is 1.00. The SMILES string of the molecule is CC(C)C1CC(NCCCCNC2CC(C(C)C)C2)C1. The van der Waals surface area contributed by atoms with Gasteiger partial charge in [-0.15, -0.1) is 0 Å². The van der Waals surface area contributed by atoms with Gasteiger partial charge in [-0.3, -0.25) is 0 Å². The summed E-state index contributed by atoms with van der Waals surface area (Å²) in [5.74, 6) is 3.74. The second-order valence-corrected chi connectivity index (χ2v) is 7.96. The summed E-state index contributed by atoms with van der Waals surface area (Å²) in [6, 6.07) is 1.66. The van der Waals surface area contributed by atoms with Gasteiger partial charge in [0, 0.05) is 12.1 Å². The van der Waals surface area contributed by atoms with Crippen molar-refractivity contribution in [2.24, 2.45) is 23.7 Å². The predicted molar refractivity (Wildman–Crippen MR) is 87.9 cm³/mol. The molecule has 0 bridgehead atoms. The molecular weight excluding hydrogens is 244 g/mol. The first kappa shape index (κ1) is 16.3. The van der Waals surface area contributed by atoms with Gasteiger partial charge in [0.05, 0.1) is 0 Å². The second kappa shape index (κ2) is 7.79. The maximum atomic E-state index is 3.71. The molecule has 20 heavy (non-hydrogen) atoms. The Labute approximate surface area is 126 Å². The molecule has 0 aliphatic heterocycles. The largest absolute Gasteiger partial charge is 0.314 e.